The van der Waals surface area contributed by atoms with Crippen molar-refractivity contribution >= 4 is 49.9 Å². The summed E-state index contributed by atoms with van der Waals surface area (Å²) in [6.07, 6.45) is -9.57. The summed E-state index contributed by atoms with van der Waals surface area (Å²) in [7, 11) is -11.3. The summed E-state index contributed by atoms with van der Waals surface area (Å²) in [4.78, 5) is 47.9. The fourth-order valence-corrected chi connectivity index (χ4v) is 7.39. The number of fused-ring (bicyclic) bond motifs is 1. The highest BCUT2D eigenvalue weighted by Gasteiger charge is 2.46. The second-order valence-corrected chi connectivity index (χ2v) is 13.3. The number of thiophene rings is 1. The van der Waals surface area contributed by atoms with Crippen LogP contribution in [0, 0.1) is 0 Å². The van der Waals surface area contributed by atoms with Crippen molar-refractivity contribution in [2.24, 2.45) is 5.73 Å². The quantitative estimate of drug-likeness (QED) is 0.111. The number of nitrogen functional groups attached to an aromatic ring is 1. The lowest BCUT2D eigenvalue weighted by molar-refractivity contribution is -0.246. The molecule has 0 aromatic carbocycles. The van der Waals surface area contributed by atoms with Crippen molar-refractivity contribution in [1.29, 1.82) is 0 Å². The average molecular weight is 666 g/mol. The van der Waals surface area contributed by atoms with Gasteiger partial charge in [-0.15, -0.1) is 11.3 Å². The van der Waals surface area contributed by atoms with Crippen molar-refractivity contribution in [3.63, 3.8) is 0 Å². The molecule has 5 rings (SSSR count). The first-order valence-corrected chi connectivity index (χ1v) is 15.9. The van der Waals surface area contributed by atoms with Crippen molar-refractivity contribution in [3.8, 4) is 0 Å². The molecule has 23 heteroatoms. The maximum absolute atomic E-state index is 12.2. The zero-order valence-electron chi connectivity index (χ0n) is 21.5. The summed E-state index contributed by atoms with van der Waals surface area (Å²) in [5.41, 5.74) is 11.4. The molecule has 2 aliphatic heterocycles. The highest BCUT2D eigenvalue weighted by atomic mass is 32.1. The molecule has 3 aromatic rings. The molecule has 2 saturated heterocycles. The van der Waals surface area contributed by atoms with E-state index in [1.165, 1.54) is 22.3 Å². The number of anilines is 1. The van der Waals surface area contributed by atoms with Gasteiger partial charge in [0.15, 0.2) is 17.7 Å². The van der Waals surface area contributed by atoms with Crippen molar-refractivity contribution in [2.75, 3.05) is 18.9 Å². The number of nitrogens with two attached hydrogens (primary N) is 2. The van der Waals surface area contributed by atoms with E-state index in [0.717, 1.165) is 17.7 Å². The maximum Gasteiger partial charge on any atom is 0.274 e. The smallest absolute Gasteiger partial charge is 0.274 e. The molecule has 8 N–H and O–H groups in total. The van der Waals surface area contributed by atoms with Crippen LogP contribution in [0.3, 0.4) is 0 Å². The molecular weight excluding hydrogens is 642 g/mol. The molecule has 2 fully saturated rings. The number of aliphatic hydroxyl groups excluding tert-OH is 4. The monoisotopic (exact) mass is 666 g/mol. The van der Waals surface area contributed by atoms with E-state index in [2.05, 4.69) is 28.3 Å². The third kappa shape index (κ3) is 6.65. The zero-order chi connectivity index (χ0) is 31.3. The Bertz CT molecular complexity index is 1590. The number of nitrogens with zero attached hydrogens (tertiary/aromatic N) is 4. The van der Waals surface area contributed by atoms with E-state index in [4.69, 9.17) is 20.9 Å². The lowest BCUT2D eigenvalue weighted by atomic mass is 10.1. The molecule has 0 spiro atoms. The van der Waals surface area contributed by atoms with Crippen LogP contribution in [-0.2, 0) is 32.0 Å². The second-order valence-electron chi connectivity index (χ2n) is 9.38. The van der Waals surface area contributed by atoms with Gasteiger partial charge in [-0.3, -0.25) is 18.5 Å². The summed E-state index contributed by atoms with van der Waals surface area (Å²) >= 11 is 0.998. The SMILES string of the molecule is NC(=O)c1csc([C@@H]2O[C@H](COP(=O)([O-])OP(=O)([O-])OC[C@H]3O[C@@H](n4cnc5c(N)ncnc54)[C@H](O)[C@@H]3O)[C@@H](O)[C@H]2O)c1. The fourth-order valence-electron chi connectivity index (χ4n) is 4.40. The first-order chi connectivity index (χ1) is 20.2. The van der Waals surface area contributed by atoms with Crippen molar-refractivity contribution in [2.45, 2.75) is 49.0 Å². The van der Waals surface area contributed by atoms with Gasteiger partial charge < -0.3 is 60.2 Å². The standard InChI is InChI=1S/C20H26N6O14P2S/c21-17-11-19(24-5-23-17)26(6-25-11)20-15(30)13(28)9(39-20)3-37-42(34,35)40-41(32,33)36-2-8-12(27)14(29)16(38-8)10-1-7(4-43-10)18(22)31/h1,4-6,8-9,12-16,20,27-30H,2-3H2,(H2,22,31)(H,32,33)(H,34,35)(H2,21,23,24)/p-2/t8-,9-,12-,13-,14-,15-,16+,20-/m1/s1. The van der Waals surface area contributed by atoms with Gasteiger partial charge >= 0.3 is 0 Å². The van der Waals surface area contributed by atoms with Gasteiger partial charge in [0, 0.05) is 10.3 Å². The minimum absolute atomic E-state index is 0.0386. The molecule has 0 bridgehead atoms. The molecule has 1 amide bonds. The number of aliphatic hydroxyl groups is 4. The summed E-state index contributed by atoms with van der Waals surface area (Å²) in [6, 6.07) is 1.33. The van der Waals surface area contributed by atoms with Crippen LogP contribution in [0.15, 0.2) is 24.1 Å². The number of hydrogen-bond donors (Lipinski definition) is 6. The van der Waals surface area contributed by atoms with E-state index >= 15 is 0 Å². The lowest BCUT2D eigenvalue weighted by Crippen LogP contribution is -2.34. The number of hydrogen-bond acceptors (Lipinski definition) is 19. The number of phosphoric acid groups is 2. The minimum atomic E-state index is -5.67. The molecule has 10 atom stereocenters. The van der Waals surface area contributed by atoms with Crippen molar-refractivity contribution < 1.29 is 67.0 Å². The van der Waals surface area contributed by atoms with Gasteiger partial charge in [0.1, 0.15) is 54.6 Å². The van der Waals surface area contributed by atoms with Gasteiger partial charge in [0.25, 0.3) is 15.6 Å². The molecule has 43 heavy (non-hydrogen) atoms. The molecule has 2 aliphatic rings. The first-order valence-electron chi connectivity index (χ1n) is 12.1. The Morgan fingerprint density at radius 3 is 2.26 bits per heavy atom. The molecule has 20 nitrogen and oxygen atoms in total. The van der Waals surface area contributed by atoms with E-state index < -0.39 is 83.7 Å². The van der Waals surface area contributed by atoms with Crippen molar-refractivity contribution in [1.82, 2.24) is 19.5 Å². The van der Waals surface area contributed by atoms with Gasteiger partial charge in [-0.25, -0.2) is 19.3 Å². The second kappa shape index (κ2) is 12.1. The lowest BCUT2D eigenvalue weighted by Gasteiger charge is -2.32. The van der Waals surface area contributed by atoms with E-state index in [1.807, 2.05) is 0 Å². The van der Waals surface area contributed by atoms with Gasteiger partial charge in [0.05, 0.1) is 25.1 Å². The van der Waals surface area contributed by atoms with Crippen LogP contribution in [0.1, 0.15) is 27.6 Å². The molecule has 0 radical (unpaired) electrons. The van der Waals surface area contributed by atoms with Gasteiger partial charge in [-0.05, 0) is 6.07 Å². The molecule has 236 valence electrons. The number of imidazole rings is 1. The zero-order valence-corrected chi connectivity index (χ0v) is 24.1. The normalized spacial score (nSPS) is 32.1. The third-order valence-corrected chi connectivity index (χ3v) is 10.1. The molecule has 0 saturated carbocycles. The average Bonchev–Trinajstić information content (AvgIpc) is 3.70. The van der Waals surface area contributed by atoms with Crippen LogP contribution in [0.5, 0.6) is 0 Å². The maximum atomic E-state index is 12.2. The van der Waals surface area contributed by atoms with Crippen LogP contribution in [-0.4, -0.2) is 95.7 Å². The van der Waals surface area contributed by atoms with E-state index in [0.29, 0.717) is 4.88 Å². The van der Waals surface area contributed by atoms with Crippen LogP contribution in [0.25, 0.3) is 11.2 Å². The highest BCUT2D eigenvalue weighted by molar-refractivity contribution is 7.59. The van der Waals surface area contributed by atoms with Crippen LogP contribution in [0.4, 0.5) is 5.82 Å². The van der Waals surface area contributed by atoms with E-state index in [9.17, 15) is 44.1 Å². The van der Waals surface area contributed by atoms with Crippen molar-refractivity contribution in [3.05, 3.63) is 34.5 Å². The molecule has 3 aromatic heterocycles. The van der Waals surface area contributed by atoms with E-state index in [-0.39, 0.29) is 22.5 Å². The number of primary amides is 1. The summed E-state index contributed by atoms with van der Waals surface area (Å²) in [5.74, 6) is -0.696. The van der Waals surface area contributed by atoms with E-state index in [1.54, 1.807) is 0 Å². The number of carbonyl (C=O) groups is 1. The number of ether oxygens (including phenoxy) is 2. The molecule has 5 heterocycles. The Morgan fingerprint density at radius 1 is 1.00 bits per heavy atom. The summed E-state index contributed by atoms with van der Waals surface area (Å²) in [6.45, 7) is -1.94. The topological polar surface area (TPSA) is 320 Å². The predicted octanol–water partition coefficient (Wildman–Crippen LogP) is -2.96. The fraction of sp³-hybridized carbons (Fsp3) is 0.500. The molecule has 0 aliphatic carbocycles. The predicted molar refractivity (Wildman–Crippen MR) is 136 cm³/mol. The summed E-state index contributed by atoms with van der Waals surface area (Å²) in [5, 5.41) is 42.8. The third-order valence-electron chi connectivity index (χ3n) is 6.54. The minimum Gasteiger partial charge on any atom is -0.756 e. The number of phosphoric ester groups is 2. The van der Waals surface area contributed by atoms with Crippen LogP contribution < -0.4 is 21.3 Å². The number of amides is 1. The molecule has 2 unspecified atom stereocenters. The first kappa shape index (κ1) is 31.9. The van der Waals surface area contributed by atoms with Gasteiger partial charge in [0.2, 0.25) is 5.91 Å². The van der Waals surface area contributed by atoms with Crippen LogP contribution >= 0.6 is 27.0 Å². The van der Waals surface area contributed by atoms with Gasteiger partial charge in [-0.1, -0.05) is 0 Å². The Labute approximate surface area is 244 Å². The molecular formula is C20H24N6O14P2S-2. The number of aromatic nitrogens is 4. The summed E-state index contributed by atoms with van der Waals surface area (Å²) < 4.78 is 49.8. The Hall–Kier alpha value is -2.46. The number of carbonyl (C=O) groups excluding carboxylic acids is 1. The Morgan fingerprint density at radius 2 is 1.63 bits per heavy atom. The Balaban J connectivity index is 1.15. The van der Waals surface area contributed by atoms with Crippen LogP contribution in [0.2, 0.25) is 0 Å². The Kier molecular flexibility index (Phi) is 9.02. The van der Waals surface area contributed by atoms with Gasteiger partial charge in [-0.2, -0.15) is 0 Å². The number of rotatable bonds is 11. The highest BCUT2D eigenvalue weighted by Crippen LogP contribution is 2.56. The largest absolute Gasteiger partial charge is 0.756 e.